The number of methoxy groups -OCH3 is 2. The van der Waals surface area contributed by atoms with Gasteiger partial charge in [-0.1, -0.05) is 31.2 Å². The van der Waals surface area contributed by atoms with Gasteiger partial charge in [0.1, 0.15) is 22.8 Å². The number of ether oxygens (including phenoxy) is 3. The fraction of sp³-hybridized carbons (Fsp3) is 0.346. The molecule has 0 aliphatic rings. The fourth-order valence-corrected chi connectivity index (χ4v) is 3.56. The van der Waals surface area contributed by atoms with E-state index in [9.17, 15) is 4.79 Å². The summed E-state index contributed by atoms with van der Waals surface area (Å²) in [4.78, 5) is 13.3. The summed E-state index contributed by atoms with van der Waals surface area (Å²) in [6.07, 6.45) is 2.86. The van der Waals surface area contributed by atoms with Crippen LogP contribution < -0.4 is 9.47 Å². The molecule has 0 aliphatic heterocycles. The second-order valence-electron chi connectivity index (χ2n) is 8.44. The second-order valence-corrected chi connectivity index (χ2v) is 8.44. The Morgan fingerprint density at radius 2 is 1.45 bits per heavy atom. The molecular weight excluding hydrogens is 390 g/mol. The summed E-state index contributed by atoms with van der Waals surface area (Å²) in [5.41, 5.74) is 4.02. The number of benzene rings is 2. The van der Waals surface area contributed by atoms with Gasteiger partial charge < -0.3 is 18.8 Å². The van der Waals surface area contributed by atoms with Gasteiger partial charge in [-0.2, -0.15) is 0 Å². The van der Waals surface area contributed by atoms with Crippen LogP contribution in [0, 0.1) is 0 Å². The molecule has 0 spiro atoms. The summed E-state index contributed by atoms with van der Waals surface area (Å²) in [6, 6.07) is 15.7. The second kappa shape index (κ2) is 9.29. The van der Waals surface area contributed by atoms with Crippen molar-refractivity contribution in [2.24, 2.45) is 0 Å². The van der Waals surface area contributed by atoms with E-state index in [0.717, 1.165) is 40.2 Å². The lowest BCUT2D eigenvalue weighted by Crippen LogP contribution is -2.26. The molecule has 0 radical (unpaired) electrons. The molecule has 0 aliphatic carbocycles. The standard InChI is InChI=1S/C26H31NO4/c1-7-19-17-27(16-18-8-12-21(29-5)13-9-18)24(25(28)31-26(2,3)4)23(19)20-10-14-22(30-6)15-11-20/h8-15,17H,7,16H2,1-6H3. The fourth-order valence-electron chi connectivity index (χ4n) is 3.56. The summed E-state index contributed by atoms with van der Waals surface area (Å²) in [7, 11) is 3.29. The molecule has 0 atom stereocenters. The van der Waals surface area contributed by atoms with E-state index in [2.05, 4.69) is 13.1 Å². The van der Waals surface area contributed by atoms with Gasteiger partial charge in [0.25, 0.3) is 0 Å². The third-order valence-electron chi connectivity index (χ3n) is 5.02. The maximum absolute atomic E-state index is 13.3. The highest BCUT2D eigenvalue weighted by Crippen LogP contribution is 2.33. The van der Waals surface area contributed by atoms with Crippen molar-refractivity contribution in [3.8, 4) is 22.6 Å². The van der Waals surface area contributed by atoms with E-state index in [1.165, 1.54) is 0 Å². The average Bonchev–Trinajstić information content (AvgIpc) is 3.11. The van der Waals surface area contributed by atoms with Crippen LogP contribution in [-0.4, -0.2) is 30.4 Å². The predicted molar refractivity (Wildman–Crippen MR) is 123 cm³/mol. The first-order valence-electron chi connectivity index (χ1n) is 10.5. The maximum Gasteiger partial charge on any atom is 0.356 e. The predicted octanol–water partition coefficient (Wildman–Crippen LogP) is 5.74. The molecule has 0 bridgehead atoms. The van der Waals surface area contributed by atoms with Crippen molar-refractivity contribution in [2.75, 3.05) is 14.2 Å². The van der Waals surface area contributed by atoms with Crippen molar-refractivity contribution in [1.29, 1.82) is 0 Å². The molecule has 2 aromatic carbocycles. The van der Waals surface area contributed by atoms with Gasteiger partial charge in [-0.25, -0.2) is 4.79 Å². The number of hydrogen-bond acceptors (Lipinski definition) is 4. The van der Waals surface area contributed by atoms with Crippen molar-refractivity contribution in [3.63, 3.8) is 0 Å². The quantitative estimate of drug-likeness (QED) is 0.457. The van der Waals surface area contributed by atoms with Crippen LogP contribution in [0.1, 0.15) is 49.3 Å². The third-order valence-corrected chi connectivity index (χ3v) is 5.02. The molecule has 0 saturated heterocycles. The molecule has 1 aromatic heterocycles. The first-order chi connectivity index (χ1) is 14.8. The zero-order valence-corrected chi connectivity index (χ0v) is 19.2. The minimum Gasteiger partial charge on any atom is -0.497 e. The van der Waals surface area contributed by atoms with E-state index in [4.69, 9.17) is 14.2 Å². The van der Waals surface area contributed by atoms with Crippen LogP contribution in [0.2, 0.25) is 0 Å². The summed E-state index contributed by atoms with van der Waals surface area (Å²) in [5, 5.41) is 0. The number of esters is 1. The number of carbonyl (C=O) groups is 1. The van der Waals surface area contributed by atoms with Crippen LogP contribution >= 0.6 is 0 Å². The van der Waals surface area contributed by atoms with Gasteiger partial charge in [-0.3, -0.25) is 0 Å². The van der Waals surface area contributed by atoms with Crippen LogP contribution in [0.5, 0.6) is 11.5 Å². The number of aryl methyl sites for hydroxylation is 1. The zero-order chi connectivity index (χ0) is 22.6. The van der Waals surface area contributed by atoms with E-state index < -0.39 is 5.60 Å². The Bertz CT molecular complexity index is 1030. The highest BCUT2D eigenvalue weighted by atomic mass is 16.6. The van der Waals surface area contributed by atoms with Crippen LogP contribution in [0.25, 0.3) is 11.1 Å². The Morgan fingerprint density at radius 1 is 0.903 bits per heavy atom. The van der Waals surface area contributed by atoms with Crippen molar-refractivity contribution in [2.45, 2.75) is 46.3 Å². The molecule has 0 saturated carbocycles. The monoisotopic (exact) mass is 421 g/mol. The topological polar surface area (TPSA) is 49.7 Å². The molecule has 0 fully saturated rings. The molecule has 0 N–H and O–H groups in total. The Morgan fingerprint density at radius 3 is 1.94 bits per heavy atom. The molecule has 5 heteroatoms. The molecule has 3 rings (SSSR count). The van der Waals surface area contributed by atoms with Gasteiger partial charge in [0.2, 0.25) is 0 Å². The average molecular weight is 422 g/mol. The smallest absolute Gasteiger partial charge is 0.356 e. The summed E-state index contributed by atoms with van der Waals surface area (Å²) < 4.78 is 18.4. The largest absolute Gasteiger partial charge is 0.497 e. The van der Waals surface area contributed by atoms with Crippen molar-refractivity contribution >= 4 is 5.97 Å². The molecular formula is C26H31NO4. The van der Waals surface area contributed by atoms with Crippen molar-refractivity contribution in [1.82, 2.24) is 4.57 Å². The Hall–Kier alpha value is -3.21. The number of hydrogen-bond donors (Lipinski definition) is 0. The lowest BCUT2D eigenvalue weighted by atomic mass is 9.99. The molecule has 3 aromatic rings. The van der Waals surface area contributed by atoms with Gasteiger partial charge in [0.15, 0.2) is 0 Å². The highest BCUT2D eigenvalue weighted by molar-refractivity contribution is 5.97. The minimum atomic E-state index is -0.587. The number of aromatic nitrogens is 1. The van der Waals surface area contributed by atoms with Crippen LogP contribution in [-0.2, 0) is 17.7 Å². The van der Waals surface area contributed by atoms with Crippen molar-refractivity contribution in [3.05, 3.63) is 71.5 Å². The minimum absolute atomic E-state index is 0.327. The van der Waals surface area contributed by atoms with Gasteiger partial charge in [0.05, 0.1) is 14.2 Å². The molecule has 164 valence electrons. The van der Waals surface area contributed by atoms with E-state index in [1.807, 2.05) is 73.9 Å². The van der Waals surface area contributed by atoms with E-state index in [1.54, 1.807) is 14.2 Å². The molecule has 1 heterocycles. The van der Waals surface area contributed by atoms with E-state index in [0.29, 0.717) is 12.2 Å². The summed E-state index contributed by atoms with van der Waals surface area (Å²) in [6.45, 7) is 8.31. The lowest BCUT2D eigenvalue weighted by Gasteiger charge is -2.21. The summed E-state index contributed by atoms with van der Waals surface area (Å²) >= 11 is 0. The normalized spacial score (nSPS) is 11.3. The van der Waals surface area contributed by atoms with Gasteiger partial charge in [0, 0.05) is 18.3 Å². The number of carbonyl (C=O) groups excluding carboxylic acids is 1. The maximum atomic E-state index is 13.3. The third kappa shape index (κ3) is 5.29. The van der Waals surface area contributed by atoms with Gasteiger partial charge >= 0.3 is 5.97 Å². The van der Waals surface area contributed by atoms with E-state index in [-0.39, 0.29) is 5.97 Å². The highest BCUT2D eigenvalue weighted by Gasteiger charge is 2.27. The Kier molecular flexibility index (Phi) is 6.74. The van der Waals surface area contributed by atoms with Crippen molar-refractivity contribution < 1.29 is 19.0 Å². The molecule has 5 nitrogen and oxygen atoms in total. The number of nitrogens with zero attached hydrogens (tertiary/aromatic N) is 1. The summed E-state index contributed by atoms with van der Waals surface area (Å²) in [5.74, 6) is 1.25. The van der Waals surface area contributed by atoms with Gasteiger partial charge in [-0.05, 0) is 68.1 Å². The first kappa shape index (κ1) is 22.5. The number of rotatable bonds is 7. The molecule has 0 unspecified atom stereocenters. The van der Waals surface area contributed by atoms with Gasteiger partial charge in [-0.15, -0.1) is 0 Å². The zero-order valence-electron chi connectivity index (χ0n) is 19.2. The van der Waals surface area contributed by atoms with Crippen LogP contribution in [0.4, 0.5) is 0 Å². The Labute approximate surface area is 184 Å². The lowest BCUT2D eigenvalue weighted by molar-refractivity contribution is 0.00592. The van der Waals surface area contributed by atoms with Crippen LogP contribution in [0.3, 0.4) is 0 Å². The first-order valence-corrected chi connectivity index (χ1v) is 10.5. The molecule has 31 heavy (non-hydrogen) atoms. The SMILES string of the molecule is CCc1cn(Cc2ccc(OC)cc2)c(C(=O)OC(C)(C)C)c1-c1ccc(OC)cc1. The molecule has 0 amide bonds. The van der Waals surface area contributed by atoms with E-state index >= 15 is 0 Å². The van der Waals surface area contributed by atoms with Crippen LogP contribution in [0.15, 0.2) is 54.7 Å². The Balaban J connectivity index is 2.12.